The molecule has 0 atom stereocenters. The number of amides is 1. The van der Waals surface area contributed by atoms with E-state index in [0.717, 1.165) is 5.39 Å². The van der Waals surface area contributed by atoms with Crippen LogP contribution in [0.2, 0.25) is 0 Å². The minimum absolute atomic E-state index is 0.00439. The Balaban J connectivity index is 1.92. The van der Waals surface area contributed by atoms with Gasteiger partial charge in [0.15, 0.2) is 0 Å². The molecule has 0 fully saturated rings. The van der Waals surface area contributed by atoms with Crippen LogP contribution in [0, 0.1) is 5.82 Å². The molecule has 0 saturated carbocycles. The molecule has 0 unspecified atom stereocenters. The molecule has 142 valence electrons. The smallest absolute Gasteiger partial charge is 0.407 e. The molecule has 0 aliphatic heterocycles. The molecule has 6 heteroatoms. The first-order valence-corrected chi connectivity index (χ1v) is 8.64. The van der Waals surface area contributed by atoms with Crippen LogP contribution in [0.4, 0.5) is 9.18 Å². The first-order valence-electron chi connectivity index (χ1n) is 8.64. The minimum atomic E-state index is -0.625. The van der Waals surface area contributed by atoms with Crippen LogP contribution in [0.1, 0.15) is 31.9 Å². The average Bonchev–Trinajstić information content (AvgIpc) is 3.07. The van der Waals surface area contributed by atoms with Gasteiger partial charge in [0.05, 0.1) is 12.9 Å². The molecular weight excluding hydrogens is 349 g/mol. The van der Waals surface area contributed by atoms with Crippen molar-refractivity contribution in [2.24, 2.45) is 0 Å². The zero-order valence-corrected chi connectivity index (χ0v) is 15.5. The van der Waals surface area contributed by atoms with E-state index in [1.54, 1.807) is 57.2 Å². The lowest BCUT2D eigenvalue weighted by Gasteiger charge is -2.20. The largest absolute Gasteiger partial charge is 0.464 e. The number of nitrogens with one attached hydrogen (secondary N) is 1. The molecule has 2 N–H and O–H groups in total. The maximum absolute atomic E-state index is 15.1. The SMILES string of the molecule is CC(C)(C)OC(=O)NCc1cccc(-c2cc(CO)cc3ccoc23)c1F. The standard InChI is InChI=1S/C21H22FNO4/c1-21(2,3)27-20(25)23-11-15-5-4-6-16(18(15)22)17-10-13(12-24)9-14-7-8-26-19(14)17/h4-10,24H,11-12H2,1-3H3,(H,23,25). The van der Waals surface area contributed by atoms with Crippen LogP contribution in [0.15, 0.2) is 47.1 Å². The molecule has 3 aromatic rings. The molecule has 2 aromatic carbocycles. The third-order valence-electron chi connectivity index (χ3n) is 3.98. The van der Waals surface area contributed by atoms with E-state index in [2.05, 4.69) is 5.32 Å². The quantitative estimate of drug-likeness (QED) is 0.694. The van der Waals surface area contributed by atoms with E-state index >= 15 is 4.39 Å². The Hall–Kier alpha value is -2.86. The van der Waals surface area contributed by atoms with E-state index in [9.17, 15) is 9.90 Å². The van der Waals surface area contributed by atoms with Crippen molar-refractivity contribution >= 4 is 17.1 Å². The van der Waals surface area contributed by atoms with E-state index in [0.29, 0.717) is 27.8 Å². The number of benzene rings is 2. The summed E-state index contributed by atoms with van der Waals surface area (Å²) in [5, 5.41) is 12.8. The molecule has 0 aliphatic carbocycles. The Morgan fingerprint density at radius 1 is 1.22 bits per heavy atom. The number of furan rings is 1. The molecule has 1 heterocycles. The summed E-state index contributed by atoms with van der Waals surface area (Å²) in [5.74, 6) is -0.457. The van der Waals surface area contributed by atoms with Crippen LogP contribution in [0.5, 0.6) is 0 Å². The predicted molar refractivity (Wildman–Crippen MR) is 101 cm³/mol. The van der Waals surface area contributed by atoms with E-state index < -0.39 is 17.5 Å². The van der Waals surface area contributed by atoms with Crippen LogP contribution in [0.3, 0.4) is 0 Å². The van der Waals surface area contributed by atoms with Crippen molar-refractivity contribution in [3.8, 4) is 11.1 Å². The number of hydrogen-bond acceptors (Lipinski definition) is 4. The molecule has 0 bridgehead atoms. The Bertz CT molecular complexity index is 972. The van der Waals surface area contributed by atoms with Gasteiger partial charge in [0.1, 0.15) is 17.0 Å². The summed E-state index contributed by atoms with van der Waals surface area (Å²) in [6, 6.07) is 10.2. The van der Waals surface area contributed by atoms with Gasteiger partial charge in [-0.05, 0) is 44.5 Å². The third-order valence-corrected chi connectivity index (χ3v) is 3.98. The van der Waals surface area contributed by atoms with Gasteiger partial charge in [-0.25, -0.2) is 9.18 Å². The van der Waals surface area contributed by atoms with Gasteiger partial charge in [-0.15, -0.1) is 0 Å². The summed E-state index contributed by atoms with van der Waals surface area (Å²) in [6.45, 7) is 5.12. The average molecular weight is 371 g/mol. The molecule has 0 aliphatic rings. The van der Waals surface area contributed by atoms with Gasteiger partial charge in [0, 0.05) is 28.6 Å². The van der Waals surface area contributed by atoms with Crippen LogP contribution in [0.25, 0.3) is 22.1 Å². The van der Waals surface area contributed by atoms with Crippen LogP contribution >= 0.6 is 0 Å². The number of carbonyl (C=O) groups excluding carboxylic acids is 1. The molecule has 0 saturated heterocycles. The lowest BCUT2D eigenvalue weighted by Crippen LogP contribution is -2.32. The maximum Gasteiger partial charge on any atom is 0.407 e. The van der Waals surface area contributed by atoms with Gasteiger partial charge in [0.25, 0.3) is 0 Å². The fraction of sp³-hybridized carbons (Fsp3) is 0.286. The van der Waals surface area contributed by atoms with Crippen LogP contribution < -0.4 is 5.32 Å². The number of hydrogen-bond donors (Lipinski definition) is 2. The second kappa shape index (κ2) is 7.40. The van der Waals surface area contributed by atoms with Crippen molar-refractivity contribution in [3.05, 3.63) is 59.6 Å². The summed E-state index contributed by atoms with van der Waals surface area (Å²) in [4.78, 5) is 11.8. The highest BCUT2D eigenvalue weighted by atomic mass is 19.1. The Morgan fingerprint density at radius 2 is 2.00 bits per heavy atom. The Kier molecular flexibility index (Phi) is 5.19. The zero-order valence-electron chi connectivity index (χ0n) is 15.5. The normalized spacial score (nSPS) is 11.6. The van der Waals surface area contributed by atoms with Crippen molar-refractivity contribution in [2.75, 3.05) is 0 Å². The van der Waals surface area contributed by atoms with E-state index in [1.807, 2.05) is 0 Å². The number of rotatable bonds is 4. The van der Waals surface area contributed by atoms with Gasteiger partial charge in [-0.2, -0.15) is 0 Å². The Morgan fingerprint density at radius 3 is 2.70 bits per heavy atom. The maximum atomic E-state index is 15.1. The van der Waals surface area contributed by atoms with Crippen LogP contribution in [-0.4, -0.2) is 16.8 Å². The summed E-state index contributed by atoms with van der Waals surface area (Å²) in [6.07, 6.45) is 0.921. The number of aliphatic hydroxyl groups is 1. The minimum Gasteiger partial charge on any atom is -0.464 e. The molecule has 5 nitrogen and oxygen atoms in total. The third kappa shape index (κ3) is 4.28. The fourth-order valence-electron chi connectivity index (χ4n) is 2.84. The van der Waals surface area contributed by atoms with Crippen molar-refractivity contribution in [3.63, 3.8) is 0 Å². The fourth-order valence-corrected chi connectivity index (χ4v) is 2.84. The molecule has 1 amide bonds. The van der Waals surface area contributed by atoms with Gasteiger partial charge in [-0.3, -0.25) is 0 Å². The van der Waals surface area contributed by atoms with Gasteiger partial charge in [0.2, 0.25) is 0 Å². The molecule has 1 aromatic heterocycles. The van der Waals surface area contributed by atoms with Crippen LogP contribution in [-0.2, 0) is 17.9 Å². The topological polar surface area (TPSA) is 71.7 Å². The van der Waals surface area contributed by atoms with Crippen molar-refractivity contribution in [1.29, 1.82) is 0 Å². The number of aliphatic hydroxyl groups excluding tert-OH is 1. The van der Waals surface area contributed by atoms with Gasteiger partial charge >= 0.3 is 6.09 Å². The van der Waals surface area contributed by atoms with E-state index in [-0.39, 0.29) is 13.2 Å². The highest BCUT2D eigenvalue weighted by Gasteiger charge is 2.18. The lowest BCUT2D eigenvalue weighted by molar-refractivity contribution is 0.0523. The van der Waals surface area contributed by atoms with Gasteiger partial charge < -0.3 is 19.6 Å². The highest BCUT2D eigenvalue weighted by molar-refractivity contribution is 5.93. The number of carbonyl (C=O) groups is 1. The molecule has 3 rings (SSSR count). The highest BCUT2D eigenvalue weighted by Crippen LogP contribution is 2.33. The second-order valence-electron chi connectivity index (χ2n) is 7.27. The number of fused-ring (bicyclic) bond motifs is 1. The molecular formula is C21H22FNO4. The van der Waals surface area contributed by atoms with E-state index in [1.165, 1.54) is 6.26 Å². The van der Waals surface area contributed by atoms with Crippen molar-refractivity contribution in [2.45, 2.75) is 39.5 Å². The first kappa shape index (κ1) is 18.9. The predicted octanol–water partition coefficient (Wildman–Crippen LogP) is 4.76. The van der Waals surface area contributed by atoms with Crippen molar-refractivity contribution in [1.82, 2.24) is 5.32 Å². The molecule has 0 spiro atoms. The summed E-state index contributed by atoms with van der Waals surface area (Å²) in [7, 11) is 0. The number of alkyl carbamates (subject to hydrolysis) is 1. The zero-order chi connectivity index (χ0) is 19.6. The monoisotopic (exact) mass is 371 g/mol. The first-order chi connectivity index (χ1) is 12.8. The Labute approximate surface area is 156 Å². The summed E-state index contributed by atoms with van der Waals surface area (Å²) < 4.78 is 25.8. The molecule has 0 radical (unpaired) electrons. The molecule has 27 heavy (non-hydrogen) atoms. The summed E-state index contributed by atoms with van der Waals surface area (Å²) in [5.41, 5.74) is 1.80. The van der Waals surface area contributed by atoms with E-state index in [4.69, 9.17) is 9.15 Å². The van der Waals surface area contributed by atoms with Crippen molar-refractivity contribution < 1.29 is 23.4 Å². The number of halogens is 1. The second-order valence-corrected chi connectivity index (χ2v) is 7.27. The summed E-state index contributed by atoms with van der Waals surface area (Å²) >= 11 is 0. The lowest BCUT2D eigenvalue weighted by atomic mass is 9.98. The van der Waals surface area contributed by atoms with Gasteiger partial charge in [-0.1, -0.05) is 18.2 Å². The number of ether oxygens (including phenoxy) is 1.